The van der Waals surface area contributed by atoms with E-state index >= 15 is 0 Å². The van der Waals surface area contributed by atoms with E-state index in [1.807, 2.05) is 6.92 Å². The number of furan rings is 1. The number of hydrogen-bond acceptors (Lipinski definition) is 5. The van der Waals surface area contributed by atoms with Crippen LogP contribution in [-0.4, -0.2) is 28.3 Å². The second kappa shape index (κ2) is 8.47. The third kappa shape index (κ3) is 3.82. The van der Waals surface area contributed by atoms with Gasteiger partial charge >= 0.3 is 0 Å². The molecule has 0 spiro atoms. The summed E-state index contributed by atoms with van der Waals surface area (Å²) in [5.74, 6) is -1.47. The molecular weight excluding hydrogens is 401 g/mol. The molecule has 1 unspecified atom stereocenters. The highest BCUT2D eigenvalue weighted by molar-refractivity contribution is 6.46. The highest BCUT2D eigenvalue weighted by Crippen LogP contribution is 2.43. The van der Waals surface area contributed by atoms with E-state index in [-0.39, 0.29) is 23.4 Å². The van der Waals surface area contributed by atoms with Crippen LogP contribution in [0, 0.1) is 5.82 Å². The molecule has 1 aliphatic heterocycles. The molecule has 2 heterocycles. The lowest BCUT2D eigenvalue weighted by atomic mass is 9.94. The molecule has 3 aromatic rings. The molecule has 2 aromatic carbocycles. The first-order valence-electron chi connectivity index (χ1n) is 9.79. The van der Waals surface area contributed by atoms with Crippen molar-refractivity contribution in [3.63, 3.8) is 0 Å². The van der Waals surface area contributed by atoms with Gasteiger partial charge in [-0.15, -0.1) is 0 Å². The number of halogens is 1. The van der Waals surface area contributed by atoms with Gasteiger partial charge in [-0.3, -0.25) is 9.59 Å². The number of ketones is 1. The Kier molecular flexibility index (Phi) is 5.58. The molecular formula is C24H20FNO5. The quantitative estimate of drug-likeness (QED) is 0.362. The number of benzene rings is 2. The minimum Gasteiger partial charge on any atom is -0.507 e. The number of hydrogen-bond donors (Lipinski definition) is 1. The van der Waals surface area contributed by atoms with E-state index in [4.69, 9.17) is 9.15 Å². The van der Waals surface area contributed by atoms with Gasteiger partial charge in [0.25, 0.3) is 11.7 Å². The lowest BCUT2D eigenvalue weighted by Crippen LogP contribution is -2.29. The van der Waals surface area contributed by atoms with Crippen molar-refractivity contribution in [1.29, 1.82) is 0 Å². The Morgan fingerprint density at radius 1 is 1.10 bits per heavy atom. The summed E-state index contributed by atoms with van der Waals surface area (Å²) in [4.78, 5) is 27.3. The van der Waals surface area contributed by atoms with Gasteiger partial charge < -0.3 is 19.2 Å². The van der Waals surface area contributed by atoms with E-state index in [1.165, 1.54) is 35.4 Å². The zero-order valence-electron chi connectivity index (χ0n) is 16.7. The third-order valence-electron chi connectivity index (χ3n) is 5.08. The molecule has 158 valence electrons. The van der Waals surface area contributed by atoms with E-state index < -0.39 is 23.5 Å². The van der Waals surface area contributed by atoms with Crippen molar-refractivity contribution in [2.45, 2.75) is 19.5 Å². The van der Waals surface area contributed by atoms with Crippen LogP contribution in [0.15, 0.2) is 76.9 Å². The second-order valence-corrected chi connectivity index (χ2v) is 6.98. The number of aliphatic hydroxyl groups is 1. The Morgan fingerprint density at radius 3 is 2.52 bits per heavy atom. The van der Waals surface area contributed by atoms with Crippen LogP contribution in [0.25, 0.3) is 5.76 Å². The van der Waals surface area contributed by atoms with Crippen molar-refractivity contribution < 1.29 is 28.2 Å². The van der Waals surface area contributed by atoms with Crippen molar-refractivity contribution in [3.8, 4) is 5.75 Å². The van der Waals surface area contributed by atoms with Crippen LogP contribution in [-0.2, 0) is 16.1 Å². The topological polar surface area (TPSA) is 80.0 Å². The first-order valence-corrected chi connectivity index (χ1v) is 9.79. The summed E-state index contributed by atoms with van der Waals surface area (Å²) < 4.78 is 24.5. The number of nitrogens with zero attached hydrogens (tertiary/aromatic N) is 1. The van der Waals surface area contributed by atoms with E-state index in [0.717, 1.165) is 0 Å². The largest absolute Gasteiger partial charge is 0.507 e. The monoisotopic (exact) mass is 421 g/mol. The summed E-state index contributed by atoms with van der Waals surface area (Å²) in [6.07, 6.45) is 1.48. The van der Waals surface area contributed by atoms with Gasteiger partial charge in [0.15, 0.2) is 0 Å². The summed E-state index contributed by atoms with van der Waals surface area (Å²) >= 11 is 0. The van der Waals surface area contributed by atoms with Gasteiger partial charge in [-0.1, -0.05) is 18.2 Å². The zero-order chi connectivity index (χ0) is 22.0. The van der Waals surface area contributed by atoms with Gasteiger partial charge in [0.05, 0.1) is 31.0 Å². The minimum absolute atomic E-state index is 0.0307. The van der Waals surface area contributed by atoms with Crippen molar-refractivity contribution in [2.24, 2.45) is 0 Å². The molecule has 1 atom stereocenters. The summed E-state index contributed by atoms with van der Waals surface area (Å²) in [7, 11) is 0. The highest BCUT2D eigenvalue weighted by Gasteiger charge is 2.47. The third-order valence-corrected chi connectivity index (χ3v) is 5.08. The normalized spacial score (nSPS) is 17.9. The summed E-state index contributed by atoms with van der Waals surface area (Å²) in [5.41, 5.74) is 0.699. The molecule has 31 heavy (non-hydrogen) atoms. The number of carbonyl (C=O) groups excluding carboxylic acids is 2. The Hall–Kier alpha value is -3.87. The molecule has 7 heteroatoms. The van der Waals surface area contributed by atoms with E-state index in [1.54, 1.807) is 36.4 Å². The maximum Gasteiger partial charge on any atom is 0.296 e. The molecule has 0 bridgehead atoms. The molecule has 1 N–H and O–H groups in total. The van der Waals surface area contributed by atoms with E-state index in [0.29, 0.717) is 23.7 Å². The lowest BCUT2D eigenvalue weighted by molar-refractivity contribution is -0.140. The first-order chi connectivity index (χ1) is 15.0. The SMILES string of the molecule is CCOc1ccccc1C1/C(=C(/O)c2ccc(F)cc2)C(=O)C(=O)N1Cc1ccco1. The van der Waals surface area contributed by atoms with Crippen molar-refractivity contribution in [1.82, 2.24) is 4.90 Å². The maximum atomic E-state index is 13.4. The molecule has 4 rings (SSSR count). The van der Waals surface area contributed by atoms with Crippen molar-refractivity contribution in [2.75, 3.05) is 6.61 Å². The van der Waals surface area contributed by atoms with E-state index in [2.05, 4.69) is 0 Å². The van der Waals surface area contributed by atoms with Crippen LogP contribution in [0.2, 0.25) is 0 Å². The number of amides is 1. The Balaban J connectivity index is 1.90. The second-order valence-electron chi connectivity index (χ2n) is 6.98. The van der Waals surface area contributed by atoms with Gasteiger partial charge in [0.2, 0.25) is 0 Å². The average molecular weight is 421 g/mol. The van der Waals surface area contributed by atoms with Gasteiger partial charge in [0, 0.05) is 11.1 Å². The lowest BCUT2D eigenvalue weighted by Gasteiger charge is -2.26. The first kappa shape index (κ1) is 20.4. The molecule has 0 saturated carbocycles. The summed E-state index contributed by atoms with van der Waals surface area (Å²) in [6.45, 7) is 2.24. The van der Waals surface area contributed by atoms with Crippen LogP contribution in [0.5, 0.6) is 5.75 Å². The molecule has 0 aliphatic carbocycles. The standard InChI is InChI=1S/C24H20FNO5/c1-2-30-19-8-4-3-7-18(19)21-20(22(27)15-9-11-16(25)12-10-15)23(28)24(29)26(21)14-17-6-5-13-31-17/h3-13,21,27H,2,14H2,1H3/b22-20-. The molecule has 0 radical (unpaired) electrons. The van der Waals surface area contributed by atoms with E-state index in [9.17, 15) is 19.1 Å². The number of para-hydroxylation sites is 1. The number of carbonyl (C=O) groups is 2. The van der Waals surface area contributed by atoms with Gasteiger partial charge in [-0.05, 0) is 49.4 Å². The average Bonchev–Trinajstić information content (AvgIpc) is 3.37. The number of Topliss-reactive ketones (excluding diaryl/α,β-unsaturated/α-hetero) is 1. The summed E-state index contributed by atoms with van der Waals surface area (Å²) in [5, 5.41) is 11.0. The van der Waals surface area contributed by atoms with Crippen LogP contribution in [0.3, 0.4) is 0 Å². The fourth-order valence-electron chi connectivity index (χ4n) is 3.69. The van der Waals surface area contributed by atoms with Crippen LogP contribution in [0.1, 0.15) is 29.9 Å². The highest BCUT2D eigenvalue weighted by atomic mass is 19.1. The Labute approximate surface area is 178 Å². The minimum atomic E-state index is -0.905. The Morgan fingerprint density at radius 2 is 1.84 bits per heavy atom. The van der Waals surface area contributed by atoms with Gasteiger partial charge in [0.1, 0.15) is 23.1 Å². The fourth-order valence-corrected chi connectivity index (χ4v) is 3.69. The van der Waals surface area contributed by atoms with Crippen LogP contribution in [0.4, 0.5) is 4.39 Å². The fraction of sp³-hybridized carbons (Fsp3) is 0.167. The maximum absolute atomic E-state index is 13.4. The Bertz CT molecular complexity index is 1140. The molecule has 1 aromatic heterocycles. The molecule has 1 fully saturated rings. The summed E-state index contributed by atoms with van der Waals surface area (Å²) in [6, 6.07) is 14.6. The predicted molar refractivity (Wildman–Crippen MR) is 111 cm³/mol. The van der Waals surface area contributed by atoms with Gasteiger partial charge in [-0.2, -0.15) is 0 Å². The van der Waals surface area contributed by atoms with Crippen molar-refractivity contribution in [3.05, 3.63) is 95.2 Å². The number of aliphatic hydroxyl groups excluding tert-OH is 1. The van der Waals surface area contributed by atoms with Crippen molar-refractivity contribution >= 4 is 17.4 Å². The van der Waals surface area contributed by atoms with Crippen LogP contribution >= 0.6 is 0 Å². The van der Waals surface area contributed by atoms with Gasteiger partial charge in [-0.25, -0.2) is 4.39 Å². The zero-order valence-corrected chi connectivity index (χ0v) is 16.7. The number of rotatable bonds is 6. The smallest absolute Gasteiger partial charge is 0.296 e. The number of ether oxygens (including phenoxy) is 1. The molecule has 1 aliphatic rings. The molecule has 6 nitrogen and oxygen atoms in total. The number of likely N-dealkylation sites (tertiary alicyclic amines) is 1. The van der Waals surface area contributed by atoms with Crippen LogP contribution < -0.4 is 4.74 Å². The molecule has 1 saturated heterocycles. The predicted octanol–water partition coefficient (Wildman–Crippen LogP) is 4.44. The molecule has 1 amide bonds.